The van der Waals surface area contributed by atoms with Gasteiger partial charge >= 0.3 is 0 Å². The number of rotatable bonds is 6. The molecule has 0 bridgehead atoms. The van der Waals surface area contributed by atoms with E-state index in [0.717, 1.165) is 34.0 Å². The van der Waals surface area contributed by atoms with Crippen molar-refractivity contribution in [3.05, 3.63) is 44.8 Å². The van der Waals surface area contributed by atoms with E-state index in [2.05, 4.69) is 31.6 Å². The highest BCUT2D eigenvalue weighted by Gasteiger charge is 1.98. The van der Waals surface area contributed by atoms with Crippen molar-refractivity contribution in [1.29, 1.82) is 0 Å². The van der Waals surface area contributed by atoms with Crippen molar-refractivity contribution in [2.45, 2.75) is 13.5 Å². The second-order valence-corrected chi connectivity index (χ2v) is 5.72. The molecule has 0 spiro atoms. The number of benzene rings is 1. The third-order valence-corrected chi connectivity index (χ3v) is 3.75. The third kappa shape index (κ3) is 4.40. The first-order valence-corrected chi connectivity index (χ1v) is 7.41. The fraction of sp³-hybridized carbons (Fsp3) is 0.308. The maximum absolute atomic E-state index is 5.62. The lowest BCUT2D eigenvalue weighted by atomic mass is 10.3. The molecule has 18 heavy (non-hydrogen) atoms. The number of hydrogen-bond donors (Lipinski definition) is 1. The topological polar surface area (TPSA) is 34.1 Å². The number of thiazole rings is 1. The molecule has 5 heteroatoms. The van der Waals surface area contributed by atoms with Crippen LogP contribution >= 0.6 is 27.3 Å². The van der Waals surface area contributed by atoms with Gasteiger partial charge in [0.15, 0.2) is 0 Å². The summed E-state index contributed by atoms with van der Waals surface area (Å²) >= 11 is 5.10. The van der Waals surface area contributed by atoms with Gasteiger partial charge in [0.2, 0.25) is 0 Å². The largest absolute Gasteiger partial charge is 0.492 e. The van der Waals surface area contributed by atoms with Crippen LogP contribution in [0.4, 0.5) is 0 Å². The van der Waals surface area contributed by atoms with E-state index in [4.69, 9.17) is 4.74 Å². The van der Waals surface area contributed by atoms with Crippen LogP contribution in [0, 0.1) is 6.92 Å². The Morgan fingerprint density at radius 2 is 2.33 bits per heavy atom. The van der Waals surface area contributed by atoms with Crippen LogP contribution in [0.25, 0.3) is 0 Å². The Balaban J connectivity index is 1.64. The van der Waals surface area contributed by atoms with Crippen LogP contribution in [0.1, 0.15) is 10.7 Å². The van der Waals surface area contributed by atoms with Crippen LogP contribution in [0.15, 0.2) is 34.1 Å². The van der Waals surface area contributed by atoms with E-state index in [9.17, 15) is 0 Å². The van der Waals surface area contributed by atoms with Gasteiger partial charge in [0.05, 0.1) is 0 Å². The van der Waals surface area contributed by atoms with Crippen molar-refractivity contribution in [2.24, 2.45) is 0 Å². The van der Waals surface area contributed by atoms with E-state index in [0.29, 0.717) is 6.61 Å². The molecular weight excluding hydrogens is 312 g/mol. The van der Waals surface area contributed by atoms with Gasteiger partial charge in [-0.3, -0.25) is 0 Å². The summed E-state index contributed by atoms with van der Waals surface area (Å²) in [7, 11) is 0. The summed E-state index contributed by atoms with van der Waals surface area (Å²) in [4.78, 5) is 4.39. The smallest absolute Gasteiger partial charge is 0.120 e. The summed E-state index contributed by atoms with van der Waals surface area (Å²) in [6.45, 7) is 4.28. The van der Waals surface area contributed by atoms with Crippen LogP contribution in [0.3, 0.4) is 0 Å². The molecule has 0 aliphatic heterocycles. The van der Waals surface area contributed by atoms with Gasteiger partial charge in [0.1, 0.15) is 17.4 Å². The highest BCUT2D eigenvalue weighted by atomic mass is 79.9. The van der Waals surface area contributed by atoms with Gasteiger partial charge in [0, 0.05) is 28.6 Å². The Kier molecular flexibility index (Phi) is 5.16. The zero-order valence-electron chi connectivity index (χ0n) is 10.1. The highest BCUT2D eigenvalue weighted by Crippen LogP contribution is 2.17. The molecule has 1 aromatic carbocycles. The maximum Gasteiger partial charge on any atom is 0.120 e. The monoisotopic (exact) mass is 326 g/mol. The van der Waals surface area contributed by atoms with Crippen LogP contribution in [-0.2, 0) is 6.54 Å². The van der Waals surface area contributed by atoms with E-state index < -0.39 is 0 Å². The highest BCUT2D eigenvalue weighted by molar-refractivity contribution is 9.10. The molecule has 0 atom stereocenters. The van der Waals surface area contributed by atoms with E-state index >= 15 is 0 Å². The average molecular weight is 327 g/mol. The second kappa shape index (κ2) is 6.87. The molecule has 3 nitrogen and oxygen atoms in total. The van der Waals surface area contributed by atoms with Crippen molar-refractivity contribution >= 4 is 27.3 Å². The molecule has 1 aromatic heterocycles. The first-order chi connectivity index (χ1) is 8.74. The Hall–Kier alpha value is -0.910. The molecule has 2 rings (SSSR count). The van der Waals surface area contributed by atoms with E-state index in [-0.39, 0.29) is 0 Å². The Labute approximate surface area is 119 Å². The normalized spacial score (nSPS) is 10.6. The molecule has 2 aromatic rings. The molecule has 1 N–H and O–H groups in total. The van der Waals surface area contributed by atoms with E-state index in [1.54, 1.807) is 11.3 Å². The fourth-order valence-electron chi connectivity index (χ4n) is 1.48. The predicted octanol–water partition coefficient (Wildman–Crippen LogP) is 3.38. The first-order valence-electron chi connectivity index (χ1n) is 5.74. The summed E-state index contributed by atoms with van der Waals surface area (Å²) in [5.74, 6) is 0.885. The first kappa shape index (κ1) is 13.5. The zero-order valence-corrected chi connectivity index (χ0v) is 12.6. The van der Waals surface area contributed by atoms with Gasteiger partial charge in [-0.15, -0.1) is 11.3 Å². The minimum atomic E-state index is 0.654. The number of aromatic nitrogens is 1. The van der Waals surface area contributed by atoms with Crippen molar-refractivity contribution in [3.8, 4) is 5.75 Å². The molecule has 1 heterocycles. The van der Waals surface area contributed by atoms with Gasteiger partial charge in [0.25, 0.3) is 0 Å². The van der Waals surface area contributed by atoms with Crippen LogP contribution < -0.4 is 10.1 Å². The fourth-order valence-corrected chi connectivity index (χ4v) is 2.60. The number of halogens is 1. The SMILES string of the molecule is Cc1csc(CNCCOc2cccc(Br)c2)n1. The van der Waals surface area contributed by atoms with Gasteiger partial charge in [-0.25, -0.2) is 4.98 Å². The standard InChI is InChI=1S/C13H15BrN2OS/c1-10-9-18-13(16-10)8-15-5-6-17-12-4-2-3-11(14)7-12/h2-4,7,9,15H,5-6,8H2,1H3. The third-order valence-electron chi connectivity index (χ3n) is 2.29. The molecule has 0 radical (unpaired) electrons. The number of nitrogens with one attached hydrogen (secondary N) is 1. The minimum absolute atomic E-state index is 0.654. The van der Waals surface area contributed by atoms with E-state index in [1.165, 1.54) is 0 Å². The van der Waals surface area contributed by atoms with Crippen molar-refractivity contribution in [2.75, 3.05) is 13.2 Å². The van der Waals surface area contributed by atoms with Gasteiger partial charge in [-0.05, 0) is 25.1 Å². The van der Waals surface area contributed by atoms with Gasteiger partial charge in [-0.2, -0.15) is 0 Å². The van der Waals surface area contributed by atoms with Crippen LogP contribution in [-0.4, -0.2) is 18.1 Å². The average Bonchev–Trinajstić information content (AvgIpc) is 2.75. The number of nitrogens with zero attached hydrogens (tertiary/aromatic N) is 1. The van der Waals surface area contributed by atoms with Gasteiger partial charge < -0.3 is 10.1 Å². The van der Waals surface area contributed by atoms with Crippen molar-refractivity contribution in [1.82, 2.24) is 10.3 Å². The van der Waals surface area contributed by atoms with Gasteiger partial charge in [-0.1, -0.05) is 22.0 Å². The van der Waals surface area contributed by atoms with Crippen LogP contribution in [0.5, 0.6) is 5.75 Å². The minimum Gasteiger partial charge on any atom is -0.492 e. The zero-order chi connectivity index (χ0) is 12.8. The molecule has 0 saturated carbocycles. The summed E-state index contributed by atoms with van der Waals surface area (Å²) in [6.07, 6.45) is 0. The molecule has 0 unspecified atom stereocenters. The summed E-state index contributed by atoms with van der Waals surface area (Å²) < 4.78 is 6.65. The Morgan fingerprint density at radius 3 is 3.06 bits per heavy atom. The van der Waals surface area contributed by atoms with Crippen molar-refractivity contribution in [3.63, 3.8) is 0 Å². The number of hydrogen-bond acceptors (Lipinski definition) is 4. The molecular formula is C13H15BrN2OS. The Morgan fingerprint density at radius 1 is 1.44 bits per heavy atom. The number of ether oxygens (including phenoxy) is 1. The summed E-state index contributed by atoms with van der Waals surface area (Å²) in [5.41, 5.74) is 1.09. The quantitative estimate of drug-likeness (QED) is 0.826. The predicted molar refractivity (Wildman–Crippen MR) is 78.2 cm³/mol. The molecule has 0 aliphatic carbocycles. The Bertz CT molecular complexity index is 501. The molecule has 96 valence electrons. The summed E-state index contributed by atoms with van der Waals surface area (Å²) in [6, 6.07) is 7.86. The lowest BCUT2D eigenvalue weighted by Gasteiger charge is -2.06. The lowest BCUT2D eigenvalue weighted by molar-refractivity contribution is 0.313. The molecule has 0 fully saturated rings. The number of aryl methyl sites for hydroxylation is 1. The van der Waals surface area contributed by atoms with Crippen LogP contribution in [0.2, 0.25) is 0 Å². The summed E-state index contributed by atoms with van der Waals surface area (Å²) in [5, 5.41) is 6.50. The van der Waals surface area contributed by atoms with Crippen molar-refractivity contribution < 1.29 is 4.74 Å². The molecule has 0 aliphatic rings. The molecule has 0 saturated heterocycles. The maximum atomic E-state index is 5.62. The second-order valence-electron chi connectivity index (χ2n) is 3.87. The van der Waals surface area contributed by atoms with E-state index in [1.807, 2.05) is 31.2 Å². The lowest BCUT2D eigenvalue weighted by Crippen LogP contribution is -2.20. The molecule has 0 amide bonds.